The summed E-state index contributed by atoms with van der Waals surface area (Å²) in [5.41, 5.74) is 0.360. The van der Waals surface area contributed by atoms with Gasteiger partial charge < -0.3 is 4.74 Å². The minimum atomic E-state index is -0.979. The molecule has 17 heavy (non-hydrogen) atoms. The van der Waals surface area contributed by atoms with Gasteiger partial charge in [-0.3, -0.25) is 14.8 Å². The third-order valence-electron chi connectivity index (χ3n) is 2.93. The number of rotatable bonds is 2. The first-order chi connectivity index (χ1) is 8.09. The summed E-state index contributed by atoms with van der Waals surface area (Å²) in [6.07, 6.45) is 1.48. The number of nitro groups is 1. The van der Waals surface area contributed by atoms with Gasteiger partial charge >= 0.3 is 5.69 Å². The topological polar surface area (TPSA) is 70.2 Å². The van der Waals surface area contributed by atoms with E-state index in [2.05, 4.69) is 5.10 Å². The predicted molar refractivity (Wildman–Crippen MR) is 57.3 cm³/mol. The lowest BCUT2D eigenvalue weighted by molar-refractivity contribution is -0.386. The molecule has 1 fully saturated rings. The Labute approximate surface area is 97.5 Å². The van der Waals surface area contributed by atoms with Gasteiger partial charge in [-0.2, -0.15) is 5.10 Å². The van der Waals surface area contributed by atoms with Crippen LogP contribution in [0.15, 0.2) is 6.20 Å². The summed E-state index contributed by atoms with van der Waals surface area (Å²) < 4.78 is 20.0. The van der Waals surface area contributed by atoms with Crippen LogP contribution in [-0.2, 0) is 11.8 Å². The molecule has 2 heterocycles. The van der Waals surface area contributed by atoms with Gasteiger partial charge in [0.15, 0.2) is 0 Å². The van der Waals surface area contributed by atoms with E-state index in [1.54, 1.807) is 7.05 Å². The van der Waals surface area contributed by atoms with Gasteiger partial charge in [-0.15, -0.1) is 0 Å². The highest BCUT2D eigenvalue weighted by Crippen LogP contribution is 2.33. The Hall–Kier alpha value is -1.50. The van der Waals surface area contributed by atoms with Crippen molar-refractivity contribution in [1.29, 1.82) is 0 Å². The van der Waals surface area contributed by atoms with Crippen LogP contribution >= 0.6 is 0 Å². The zero-order chi connectivity index (χ0) is 12.4. The highest BCUT2D eigenvalue weighted by molar-refractivity contribution is 5.34. The van der Waals surface area contributed by atoms with Crippen LogP contribution in [0, 0.1) is 10.1 Å². The third kappa shape index (κ3) is 2.44. The number of halogens is 1. The maximum absolute atomic E-state index is 13.1. The van der Waals surface area contributed by atoms with Gasteiger partial charge in [0.25, 0.3) is 0 Å². The van der Waals surface area contributed by atoms with Gasteiger partial charge in [-0.25, -0.2) is 4.39 Å². The van der Waals surface area contributed by atoms with E-state index in [1.807, 2.05) is 0 Å². The molecule has 0 saturated carbocycles. The average Bonchev–Trinajstić information content (AvgIpc) is 2.52. The number of nitrogens with zero attached hydrogens (tertiary/aromatic N) is 3. The second-order valence-electron chi connectivity index (χ2n) is 4.15. The quantitative estimate of drug-likeness (QED) is 0.587. The Balaban J connectivity index is 2.26. The Morgan fingerprint density at radius 1 is 1.65 bits per heavy atom. The van der Waals surface area contributed by atoms with E-state index in [0.29, 0.717) is 25.0 Å². The fraction of sp³-hybridized carbons (Fsp3) is 0.700. The molecule has 2 rings (SSSR count). The molecule has 0 N–H and O–H groups in total. The van der Waals surface area contributed by atoms with Gasteiger partial charge in [-0.05, 0) is 19.3 Å². The maximum Gasteiger partial charge on any atom is 0.312 e. The van der Waals surface area contributed by atoms with E-state index in [-0.39, 0.29) is 12.3 Å². The highest BCUT2D eigenvalue weighted by Gasteiger charge is 2.29. The number of hydrogen-bond donors (Lipinski definition) is 0. The van der Waals surface area contributed by atoms with Crippen molar-refractivity contribution in [3.63, 3.8) is 0 Å². The van der Waals surface area contributed by atoms with Crippen LogP contribution in [0.3, 0.4) is 0 Å². The van der Waals surface area contributed by atoms with Crippen LogP contribution in [0.25, 0.3) is 0 Å². The monoisotopic (exact) mass is 243 g/mol. The summed E-state index contributed by atoms with van der Waals surface area (Å²) in [6, 6.07) is 0. The van der Waals surface area contributed by atoms with E-state index in [9.17, 15) is 14.5 Å². The Morgan fingerprint density at radius 2 is 2.41 bits per heavy atom. The minimum absolute atomic E-state index is 0.00694. The molecule has 1 aromatic rings. The predicted octanol–water partition coefficient (Wildman–Crippen LogP) is 1.91. The van der Waals surface area contributed by atoms with E-state index < -0.39 is 17.2 Å². The Morgan fingerprint density at radius 3 is 3.12 bits per heavy atom. The Kier molecular flexibility index (Phi) is 3.37. The highest BCUT2D eigenvalue weighted by atomic mass is 19.1. The summed E-state index contributed by atoms with van der Waals surface area (Å²) in [7, 11) is 1.63. The van der Waals surface area contributed by atoms with Crippen molar-refractivity contribution >= 4 is 5.69 Å². The molecule has 0 radical (unpaired) electrons. The first-order valence-corrected chi connectivity index (χ1v) is 5.51. The zero-order valence-corrected chi connectivity index (χ0v) is 9.50. The van der Waals surface area contributed by atoms with Gasteiger partial charge in [0.05, 0.1) is 11.5 Å². The second-order valence-corrected chi connectivity index (χ2v) is 4.15. The van der Waals surface area contributed by atoms with E-state index in [1.165, 1.54) is 10.9 Å². The Bertz CT molecular complexity index is 421. The largest absolute Gasteiger partial charge is 0.369 e. The number of aromatic nitrogens is 2. The molecule has 6 nitrogen and oxygen atoms in total. The standard InChI is InChI=1S/C10H14FN3O3/c1-13-10(8(5-12-13)14(15)16)9-4-2-3-7(11)6-17-9/h5,7,9H,2-4,6H2,1H3. The summed E-state index contributed by atoms with van der Waals surface area (Å²) in [5.74, 6) is 0. The lowest BCUT2D eigenvalue weighted by Crippen LogP contribution is -2.13. The average molecular weight is 243 g/mol. The van der Waals surface area contributed by atoms with E-state index >= 15 is 0 Å². The fourth-order valence-corrected chi connectivity index (χ4v) is 2.08. The van der Waals surface area contributed by atoms with Crippen LogP contribution in [0.5, 0.6) is 0 Å². The molecule has 1 saturated heterocycles. The van der Waals surface area contributed by atoms with Gasteiger partial charge in [0.2, 0.25) is 0 Å². The van der Waals surface area contributed by atoms with Crippen molar-refractivity contribution in [2.75, 3.05) is 6.61 Å². The van der Waals surface area contributed by atoms with Crippen molar-refractivity contribution in [2.24, 2.45) is 7.05 Å². The van der Waals surface area contributed by atoms with E-state index in [0.717, 1.165) is 0 Å². The summed E-state index contributed by atoms with van der Waals surface area (Å²) in [5, 5.41) is 14.7. The number of aryl methyl sites for hydroxylation is 1. The van der Waals surface area contributed by atoms with Crippen LogP contribution < -0.4 is 0 Å². The van der Waals surface area contributed by atoms with Crippen LogP contribution in [0.1, 0.15) is 31.1 Å². The van der Waals surface area contributed by atoms with E-state index in [4.69, 9.17) is 4.74 Å². The lowest BCUT2D eigenvalue weighted by atomic mass is 10.1. The van der Waals surface area contributed by atoms with Crippen molar-refractivity contribution in [3.05, 3.63) is 22.0 Å². The normalized spacial score (nSPS) is 25.5. The lowest BCUT2D eigenvalue weighted by Gasteiger charge is -2.14. The molecule has 0 aliphatic carbocycles. The molecule has 0 bridgehead atoms. The molecule has 94 valence electrons. The van der Waals surface area contributed by atoms with Crippen LogP contribution in [0.4, 0.5) is 10.1 Å². The molecule has 2 unspecified atom stereocenters. The van der Waals surface area contributed by atoms with Gasteiger partial charge in [-0.1, -0.05) is 0 Å². The molecule has 0 amide bonds. The molecular weight excluding hydrogens is 229 g/mol. The fourth-order valence-electron chi connectivity index (χ4n) is 2.08. The summed E-state index contributed by atoms with van der Waals surface area (Å²) in [4.78, 5) is 10.4. The van der Waals surface area contributed by atoms with Crippen LogP contribution in [0.2, 0.25) is 0 Å². The molecule has 1 aromatic heterocycles. The molecule has 7 heteroatoms. The van der Waals surface area contributed by atoms with Crippen molar-refractivity contribution in [2.45, 2.75) is 31.5 Å². The summed E-state index contributed by atoms with van der Waals surface area (Å²) >= 11 is 0. The first-order valence-electron chi connectivity index (χ1n) is 5.51. The molecule has 0 spiro atoms. The smallest absolute Gasteiger partial charge is 0.312 e. The van der Waals surface area contributed by atoms with Crippen molar-refractivity contribution in [3.8, 4) is 0 Å². The SMILES string of the molecule is Cn1ncc([N+](=O)[O-])c1C1CCCC(F)CO1. The van der Waals surface area contributed by atoms with Gasteiger partial charge in [0.1, 0.15) is 24.2 Å². The van der Waals surface area contributed by atoms with Crippen LogP contribution in [-0.4, -0.2) is 27.5 Å². The summed E-state index contributed by atoms with van der Waals surface area (Å²) in [6.45, 7) is -0.00694. The van der Waals surface area contributed by atoms with Crippen molar-refractivity contribution in [1.82, 2.24) is 9.78 Å². The van der Waals surface area contributed by atoms with Gasteiger partial charge in [0, 0.05) is 7.05 Å². The molecule has 0 aromatic carbocycles. The molecule has 1 aliphatic heterocycles. The molecule has 2 atom stereocenters. The molecule has 1 aliphatic rings. The number of ether oxygens (including phenoxy) is 1. The minimum Gasteiger partial charge on any atom is -0.369 e. The number of hydrogen-bond acceptors (Lipinski definition) is 4. The van der Waals surface area contributed by atoms with Crippen molar-refractivity contribution < 1.29 is 14.1 Å². The first kappa shape index (κ1) is 12.0. The number of alkyl halides is 1. The second kappa shape index (κ2) is 4.79. The maximum atomic E-state index is 13.1. The molecular formula is C10H14FN3O3. The zero-order valence-electron chi connectivity index (χ0n) is 9.50. The third-order valence-corrected chi connectivity index (χ3v) is 2.93.